The predicted molar refractivity (Wildman–Crippen MR) is 95.1 cm³/mol. The van der Waals surface area contributed by atoms with E-state index in [9.17, 15) is 4.79 Å². The molecule has 1 heterocycles. The van der Waals surface area contributed by atoms with Gasteiger partial charge in [-0.3, -0.25) is 4.79 Å². The summed E-state index contributed by atoms with van der Waals surface area (Å²) < 4.78 is 0. The lowest BCUT2D eigenvalue weighted by molar-refractivity contribution is 0.0951. The minimum atomic E-state index is -0.102. The monoisotopic (exact) mass is 339 g/mol. The number of nitrogens with one attached hydrogen (secondary N) is 2. The van der Waals surface area contributed by atoms with Crippen molar-refractivity contribution in [3.63, 3.8) is 0 Å². The maximum Gasteiger partial charge on any atom is 0.251 e. The second-order valence-electron chi connectivity index (χ2n) is 5.58. The summed E-state index contributed by atoms with van der Waals surface area (Å²) in [7, 11) is 0. The lowest BCUT2D eigenvalue weighted by Crippen LogP contribution is -2.22. The Hall–Kier alpha value is -2.59. The predicted octanol–water partition coefficient (Wildman–Crippen LogP) is 3.78. The van der Waals surface area contributed by atoms with Gasteiger partial charge in [0.2, 0.25) is 0 Å². The number of nitrogens with zero attached hydrogens (tertiary/aromatic N) is 1. The van der Waals surface area contributed by atoms with Gasteiger partial charge in [0, 0.05) is 29.0 Å². The molecule has 4 nitrogen and oxygen atoms in total. The van der Waals surface area contributed by atoms with Gasteiger partial charge in [0.15, 0.2) is 0 Å². The zero-order valence-corrected chi connectivity index (χ0v) is 13.9. The molecular weight excluding hydrogens is 322 g/mol. The number of imidazole rings is 1. The molecule has 0 spiro atoms. The normalized spacial score (nSPS) is 10.5. The first-order valence-electron chi connectivity index (χ1n) is 7.79. The quantitative estimate of drug-likeness (QED) is 0.718. The summed E-state index contributed by atoms with van der Waals surface area (Å²) in [6, 6.07) is 15.2. The van der Waals surface area contributed by atoms with Gasteiger partial charge in [0.05, 0.1) is 6.33 Å². The van der Waals surface area contributed by atoms with Crippen molar-refractivity contribution in [3.8, 4) is 0 Å². The standard InChI is InChI=1S/C19H18ClN3O/c20-17-8-6-16(7-9-17)19(24)22-11-15-3-1-14(2-4-15)5-10-18-12-21-13-23-18/h1-4,6-9,12-13H,5,10-11H2,(H,21,23)(H,22,24). The number of rotatable bonds is 6. The Labute approximate surface area is 145 Å². The Kier molecular flexibility index (Phi) is 5.29. The van der Waals surface area contributed by atoms with Crippen LogP contribution in [0.2, 0.25) is 5.02 Å². The molecule has 0 saturated heterocycles. The first-order chi connectivity index (χ1) is 11.7. The van der Waals surface area contributed by atoms with Crippen LogP contribution in [0.3, 0.4) is 0 Å². The van der Waals surface area contributed by atoms with Crippen LogP contribution in [0.1, 0.15) is 27.2 Å². The van der Waals surface area contributed by atoms with Crippen LogP contribution in [-0.4, -0.2) is 15.9 Å². The summed E-state index contributed by atoms with van der Waals surface area (Å²) >= 11 is 5.83. The van der Waals surface area contributed by atoms with Gasteiger partial charge >= 0.3 is 0 Å². The van der Waals surface area contributed by atoms with E-state index < -0.39 is 0 Å². The van der Waals surface area contributed by atoms with Crippen LogP contribution in [-0.2, 0) is 19.4 Å². The summed E-state index contributed by atoms with van der Waals surface area (Å²) in [6.07, 6.45) is 5.44. The number of hydrogen-bond acceptors (Lipinski definition) is 2. The number of hydrogen-bond donors (Lipinski definition) is 2. The molecular formula is C19H18ClN3O. The molecule has 2 N–H and O–H groups in total. The number of aromatic nitrogens is 2. The van der Waals surface area contributed by atoms with Gasteiger partial charge in [-0.1, -0.05) is 35.9 Å². The Morgan fingerprint density at radius 3 is 2.38 bits per heavy atom. The minimum Gasteiger partial charge on any atom is -0.348 e. The van der Waals surface area contributed by atoms with Gasteiger partial charge in [-0.2, -0.15) is 0 Å². The molecule has 1 aromatic heterocycles. The van der Waals surface area contributed by atoms with Crippen LogP contribution in [0, 0.1) is 0 Å². The number of amides is 1. The Bertz CT molecular complexity index is 780. The Morgan fingerprint density at radius 1 is 1.00 bits per heavy atom. The molecule has 3 aromatic rings. The second kappa shape index (κ2) is 7.79. The summed E-state index contributed by atoms with van der Waals surface area (Å²) in [4.78, 5) is 19.2. The maximum absolute atomic E-state index is 12.1. The van der Waals surface area contributed by atoms with E-state index in [2.05, 4.69) is 27.4 Å². The smallest absolute Gasteiger partial charge is 0.251 e. The van der Waals surface area contributed by atoms with Crippen LogP contribution < -0.4 is 5.32 Å². The fraction of sp³-hybridized carbons (Fsp3) is 0.158. The van der Waals surface area contributed by atoms with Crippen molar-refractivity contribution in [2.75, 3.05) is 0 Å². The highest BCUT2D eigenvalue weighted by Gasteiger charge is 2.05. The molecule has 0 bridgehead atoms. The molecule has 0 fully saturated rings. The van der Waals surface area contributed by atoms with Gasteiger partial charge in [0.25, 0.3) is 5.91 Å². The number of carbonyl (C=O) groups excluding carboxylic acids is 1. The van der Waals surface area contributed by atoms with Crippen molar-refractivity contribution >= 4 is 17.5 Å². The summed E-state index contributed by atoms with van der Waals surface area (Å²) in [5.74, 6) is -0.102. The third-order valence-corrected chi connectivity index (χ3v) is 4.07. The molecule has 122 valence electrons. The van der Waals surface area contributed by atoms with Crippen molar-refractivity contribution in [2.24, 2.45) is 0 Å². The van der Waals surface area contributed by atoms with E-state index >= 15 is 0 Å². The van der Waals surface area contributed by atoms with Gasteiger partial charge in [-0.05, 0) is 48.2 Å². The summed E-state index contributed by atoms with van der Waals surface area (Å²) in [5, 5.41) is 3.54. The average molecular weight is 340 g/mol. The molecule has 0 radical (unpaired) electrons. The van der Waals surface area contributed by atoms with E-state index in [1.54, 1.807) is 30.6 Å². The van der Waals surface area contributed by atoms with E-state index in [-0.39, 0.29) is 5.91 Å². The largest absolute Gasteiger partial charge is 0.348 e. The highest BCUT2D eigenvalue weighted by molar-refractivity contribution is 6.30. The molecule has 1 amide bonds. The zero-order chi connectivity index (χ0) is 16.8. The molecule has 0 saturated carbocycles. The van der Waals surface area contributed by atoms with Crippen molar-refractivity contribution < 1.29 is 4.79 Å². The Balaban J connectivity index is 1.50. The van der Waals surface area contributed by atoms with Crippen molar-refractivity contribution in [3.05, 3.63) is 88.5 Å². The van der Waals surface area contributed by atoms with Crippen molar-refractivity contribution in [1.82, 2.24) is 15.3 Å². The molecule has 0 atom stereocenters. The minimum absolute atomic E-state index is 0.102. The van der Waals surface area contributed by atoms with E-state index in [1.165, 1.54) is 5.56 Å². The third kappa shape index (κ3) is 4.46. The SMILES string of the molecule is O=C(NCc1ccc(CCc2cnc[nH]2)cc1)c1ccc(Cl)cc1. The van der Waals surface area contributed by atoms with Gasteiger partial charge in [-0.15, -0.1) is 0 Å². The second-order valence-corrected chi connectivity index (χ2v) is 6.02. The Morgan fingerprint density at radius 2 is 1.71 bits per heavy atom. The van der Waals surface area contributed by atoms with E-state index in [0.717, 1.165) is 24.1 Å². The van der Waals surface area contributed by atoms with Gasteiger partial charge < -0.3 is 10.3 Å². The van der Waals surface area contributed by atoms with Crippen LogP contribution >= 0.6 is 11.6 Å². The van der Waals surface area contributed by atoms with Crippen molar-refractivity contribution in [2.45, 2.75) is 19.4 Å². The summed E-state index contributed by atoms with van der Waals surface area (Å²) in [5.41, 5.74) is 4.07. The van der Waals surface area contributed by atoms with E-state index in [4.69, 9.17) is 11.6 Å². The lowest BCUT2D eigenvalue weighted by Gasteiger charge is -2.07. The first-order valence-corrected chi connectivity index (χ1v) is 8.17. The van der Waals surface area contributed by atoms with E-state index in [1.807, 2.05) is 18.3 Å². The van der Waals surface area contributed by atoms with Gasteiger partial charge in [0.1, 0.15) is 0 Å². The fourth-order valence-corrected chi connectivity index (χ4v) is 2.54. The number of benzene rings is 2. The van der Waals surface area contributed by atoms with Crippen LogP contribution in [0.15, 0.2) is 61.1 Å². The maximum atomic E-state index is 12.1. The third-order valence-electron chi connectivity index (χ3n) is 3.82. The number of H-pyrrole nitrogens is 1. The number of aromatic amines is 1. The molecule has 5 heteroatoms. The lowest BCUT2D eigenvalue weighted by atomic mass is 10.1. The molecule has 0 aliphatic heterocycles. The number of carbonyl (C=O) groups is 1. The zero-order valence-electron chi connectivity index (χ0n) is 13.1. The molecule has 3 rings (SSSR count). The molecule has 0 aliphatic carbocycles. The first kappa shape index (κ1) is 16.3. The molecule has 2 aromatic carbocycles. The molecule has 0 aliphatic rings. The summed E-state index contributed by atoms with van der Waals surface area (Å²) in [6.45, 7) is 0.502. The van der Waals surface area contributed by atoms with Crippen molar-refractivity contribution in [1.29, 1.82) is 0 Å². The van der Waals surface area contributed by atoms with Crippen LogP contribution in [0.25, 0.3) is 0 Å². The highest BCUT2D eigenvalue weighted by Crippen LogP contribution is 2.10. The topological polar surface area (TPSA) is 57.8 Å². The van der Waals surface area contributed by atoms with E-state index in [0.29, 0.717) is 17.1 Å². The molecule has 24 heavy (non-hydrogen) atoms. The van der Waals surface area contributed by atoms with Gasteiger partial charge in [-0.25, -0.2) is 4.98 Å². The highest BCUT2D eigenvalue weighted by atomic mass is 35.5. The fourth-order valence-electron chi connectivity index (χ4n) is 2.41. The number of halogens is 1. The molecule has 0 unspecified atom stereocenters. The van der Waals surface area contributed by atoms with Crippen LogP contribution in [0.5, 0.6) is 0 Å². The number of aryl methyl sites for hydroxylation is 2. The van der Waals surface area contributed by atoms with Crippen LogP contribution in [0.4, 0.5) is 0 Å². The average Bonchev–Trinajstić information content (AvgIpc) is 3.13.